The van der Waals surface area contributed by atoms with Gasteiger partial charge in [-0.05, 0) is 44.9 Å². The summed E-state index contributed by atoms with van der Waals surface area (Å²) in [7, 11) is -4.75. The van der Waals surface area contributed by atoms with Gasteiger partial charge in [-0.3, -0.25) is 14.1 Å². The molecule has 0 aromatic rings. The van der Waals surface area contributed by atoms with Gasteiger partial charge in [-0.1, -0.05) is 192 Å². The van der Waals surface area contributed by atoms with Crippen LogP contribution in [-0.2, 0) is 28.2 Å². The Labute approximate surface area is 326 Å². The zero-order valence-corrected chi connectivity index (χ0v) is 35.3. The van der Waals surface area contributed by atoms with Crippen molar-refractivity contribution in [2.24, 2.45) is 0 Å². The van der Waals surface area contributed by atoms with Gasteiger partial charge < -0.3 is 19.3 Å². The second kappa shape index (κ2) is 40.2. The number of allylic oxidation sites excluding steroid dienone is 4. The summed E-state index contributed by atoms with van der Waals surface area (Å²) in [6.45, 7) is 3.68. The third-order valence-corrected chi connectivity index (χ3v) is 10.2. The van der Waals surface area contributed by atoms with Crippen molar-refractivity contribution >= 4 is 19.8 Å². The number of esters is 2. The van der Waals surface area contributed by atoms with Crippen LogP contribution in [0.5, 0.6) is 0 Å². The monoisotopic (exact) mass is 771 g/mol. The van der Waals surface area contributed by atoms with E-state index in [1.807, 2.05) is 0 Å². The van der Waals surface area contributed by atoms with Crippen LogP contribution in [0, 0.1) is 0 Å². The minimum Gasteiger partial charge on any atom is -0.462 e. The first-order valence-electron chi connectivity index (χ1n) is 22.1. The highest BCUT2D eigenvalue weighted by Gasteiger charge is 2.22. The normalized spacial score (nSPS) is 12.6. The fourth-order valence-corrected chi connectivity index (χ4v) is 6.77. The standard InChI is InChI=1S/C44H83O8P/c1-3-5-7-9-11-13-15-17-19-21-22-23-25-27-29-31-33-35-37-39-44(46)52-42(41-51-53(47,48)49)40-50-43(45)38-36-34-32-30-28-26-24-20-18-16-14-12-10-8-6-4-2/h11,13,17,19,42H,3-10,12,14-16,18,20-41H2,1-2H3,(H2,47,48,49)/b13-11-,19-17-. The first kappa shape index (κ1) is 51.5. The molecule has 1 atom stereocenters. The summed E-state index contributed by atoms with van der Waals surface area (Å²) in [4.78, 5) is 42.9. The van der Waals surface area contributed by atoms with Crippen molar-refractivity contribution in [3.05, 3.63) is 24.3 Å². The first-order chi connectivity index (χ1) is 25.8. The molecule has 8 nitrogen and oxygen atoms in total. The molecule has 0 bridgehead atoms. The molecule has 0 heterocycles. The molecule has 0 aliphatic heterocycles. The van der Waals surface area contributed by atoms with Gasteiger partial charge in [0.2, 0.25) is 0 Å². The number of unbranched alkanes of at least 4 members (excludes halogenated alkanes) is 27. The molecule has 53 heavy (non-hydrogen) atoms. The highest BCUT2D eigenvalue weighted by atomic mass is 31.2. The first-order valence-corrected chi connectivity index (χ1v) is 23.7. The molecular weight excluding hydrogens is 687 g/mol. The average Bonchev–Trinajstić information content (AvgIpc) is 3.13. The summed E-state index contributed by atoms with van der Waals surface area (Å²) in [6, 6.07) is 0. The molecule has 2 N–H and O–H groups in total. The number of phosphoric acid groups is 1. The van der Waals surface area contributed by atoms with Gasteiger partial charge in [0, 0.05) is 12.8 Å². The molecule has 0 saturated heterocycles. The summed E-state index contributed by atoms with van der Waals surface area (Å²) in [6.07, 6.45) is 46.1. The number of ether oxygens (including phenoxy) is 2. The molecule has 0 fully saturated rings. The molecule has 0 radical (unpaired) electrons. The molecule has 0 rings (SSSR count). The second-order valence-electron chi connectivity index (χ2n) is 15.0. The van der Waals surface area contributed by atoms with Crippen LogP contribution in [0.2, 0.25) is 0 Å². The van der Waals surface area contributed by atoms with Crippen LogP contribution in [0.3, 0.4) is 0 Å². The zero-order chi connectivity index (χ0) is 38.9. The van der Waals surface area contributed by atoms with E-state index < -0.39 is 32.5 Å². The van der Waals surface area contributed by atoms with Crippen LogP contribution in [0.15, 0.2) is 24.3 Å². The predicted molar refractivity (Wildman–Crippen MR) is 221 cm³/mol. The summed E-state index contributed by atoms with van der Waals surface area (Å²) < 4.78 is 26.4. The average molecular weight is 771 g/mol. The maximum absolute atomic E-state index is 12.4. The molecule has 0 spiro atoms. The maximum atomic E-state index is 12.4. The number of hydrogen-bond donors (Lipinski definition) is 2. The Bertz CT molecular complexity index is 915. The van der Waals surface area contributed by atoms with E-state index in [2.05, 4.69) is 42.7 Å². The van der Waals surface area contributed by atoms with E-state index in [0.29, 0.717) is 6.42 Å². The molecule has 0 amide bonds. The predicted octanol–water partition coefficient (Wildman–Crippen LogP) is 13.6. The van der Waals surface area contributed by atoms with Crippen LogP contribution in [0.4, 0.5) is 0 Å². The van der Waals surface area contributed by atoms with Crippen molar-refractivity contribution in [1.29, 1.82) is 0 Å². The molecule has 0 saturated carbocycles. The largest absolute Gasteiger partial charge is 0.469 e. The molecule has 0 aromatic carbocycles. The summed E-state index contributed by atoms with van der Waals surface area (Å²) in [5.41, 5.74) is 0. The van der Waals surface area contributed by atoms with Crippen molar-refractivity contribution in [3.63, 3.8) is 0 Å². The van der Waals surface area contributed by atoms with Gasteiger partial charge in [-0.2, -0.15) is 0 Å². The van der Waals surface area contributed by atoms with E-state index in [1.54, 1.807) is 0 Å². The topological polar surface area (TPSA) is 119 Å². The SMILES string of the molecule is CCCCC/C=C\C/C=C\CCCCCCCCCCCC(=O)OC(COC(=O)CCCCCCCCCCCCCCCCCC)COP(=O)(O)O. The Morgan fingerprint density at radius 1 is 0.491 bits per heavy atom. The third kappa shape index (κ3) is 43.1. The van der Waals surface area contributed by atoms with E-state index in [9.17, 15) is 14.2 Å². The molecule has 9 heteroatoms. The van der Waals surface area contributed by atoms with Crippen molar-refractivity contribution in [2.45, 2.75) is 232 Å². The molecule has 1 unspecified atom stereocenters. The third-order valence-electron chi connectivity index (χ3n) is 9.72. The fourth-order valence-electron chi connectivity index (χ4n) is 6.40. The highest BCUT2D eigenvalue weighted by Crippen LogP contribution is 2.36. The van der Waals surface area contributed by atoms with Gasteiger partial charge >= 0.3 is 19.8 Å². The van der Waals surface area contributed by atoms with E-state index >= 15 is 0 Å². The van der Waals surface area contributed by atoms with Crippen molar-refractivity contribution in [3.8, 4) is 0 Å². The van der Waals surface area contributed by atoms with Crippen LogP contribution in [0.25, 0.3) is 0 Å². The Morgan fingerprint density at radius 2 is 0.849 bits per heavy atom. The molecule has 0 aliphatic rings. The molecule has 0 aliphatic carbocycles. The Morgan fingerprint density at radius 3 is 1.28 bits per heavy atom. The van der Waals surface area contributed by atoms with Gasteiger partial charge in [0.25, 0.3) is 0 Å². The number of phosphoric ester groups is 1. The van der Waals surface area contributed by atoms with E-state index in [0.717, 1.165) is 51.4 Å². The number of carbonyl (C=O) groups excluding carboxylic acids is 2. The van der Waals surface area contributed by atoms with Crippen LogP contribution < -0.4 is 0 Å². The van der Waals surface area contributed by atoms with Crippen molar-refractivity contribution in [1.82, 2.24) is 0 Å². The summed E-state index contributed by atoms with van der Waals surface area (Å²) >= 11 is 0. The van der Waals surface area contributed by atoms with E-state index in [-0.39, 0.29) is 19.4 Å². The Hall–Kier alpha value is -1.47. The van der Waals surface area contributed by atoms with Gasteiger partial charge in [0.05, 0.1) is 6.61 Å². The van der Waals surface area contributed by atoms with E-state index in [4.69, 9.17) is 19.3 Å². The summed E-state index contributed by atoms with van der Waals surface area (Å²) in [5, 5.41) is 0. The lowest BCUT2D eigenvalue weighted by molar-refractivity contribution is -0.161. The lowest BCUT2D eigenvalue weighted by Gasteiger charge is -2.18. The fraction of sp³-hybridized carbons (Fsp3) is 0.864. The van der Waals surface area contributed by atoms with Gasteiger partial charge in [-0.15, -0.1) is 0 Å². The Balaban J connectivity index is 3.87. The maximum Gasteiger partial charge on any atom is 0.469 e. The van der Waals surface area contributed by atoms with Crippen LogP contribution in [0.1, 0.15) is 226 Å². The number of carbonyl (C=O) groups is 2. The quantitative estimate of drug-likeness (QED) is 0.0273. The smallest absolute Gasteiger partial charge is 0.462 e. The number of hydrogen-bond acceptors (Lipinski definition) is 6. The molecule has 0 aromatic heterocycles. The molecule has 312 valence electrons. The lowest BCUT2D eigenvalue weighted by Crippen LogP contribution is -2.29. The zero-order valence-electron chi connectivity index (χ0n) is 34.4. The van der Waals surface area contributed by atoms with Crippen LogP contribution in [-0.4, -0.2) is 41.0 Å². The van der Waals surface area contributed by atoms with Crippen molar-refractivity contribution < 1.29 is 37.9 Å². The molecular formula is C44H83O8P. The van der Waals surface area contributed by atoms with E-state index in [1.165, 1.54) is 141 Å². The van der Waals surface area contributed by atoms with Gasteiger partial charge in [0.1, 0.15) is 6.61 Å². The second-order valence-corrected chi connectivity index (χ2v) is 16.3. The lowest BCUT2D eigenvalue weighted by atomic mass is 10.0. The van der Waals surface area contributed by atoms with Crippen molar-refractivity contribution in [2.75, 3.05) is 13.2 Å². The Kier molecular flexibility index (Phi) is 39.1. The minimum absolute atomic E-state index is 0.210. The summed E-state index contributed by atoms with van der Waals surface area (Å²) in [5.74, 6) is -0.879. The minimum atomic E-state index is -4.75. The van der Waals surface area contributed by atoms with Gasteiger partial charge in [0.15, 0.2) is 6.10 Å². The van der Waals surface area contributed by atoms with Crippen LogP contribution >= 0.6 is 7.82 Å². The van der Waals surface area contributed by atoms with Gasteiger partial charge in [-0.25, -0.2) is 4.57 Å². The highest BCUT2D eigenvalue weighted by molar-refractivity contribution is 7.46. The number of rotatable bonds is 41.